The molecule has 0 aliphatic heterocycles. The van der Waals surface area contributed by atoms with Gasteiger partial charge in [0, 0.05) is 6.04 Å². The summed E-state index contributed by atoms with van der Waals surface area (Å²) >= 11 is 0. The molecule has 0 aromatic heterocycles. The third-order valence-corrected chi connectivity index (χ3v) is 4.76. The molecule has 1 aliphatic carbocycles. The van der Waals surface area contributed by atoms with Crippen LogP contribution in [0.15, 0.2) is 0 Å². The van der Waals surface area contributed by atoms with E-state index in [1.165, 1.54) is 70.6 Å². The molecule has 2 N–H and O–H groups in total. The maximum Gasteiger partial charge on any atom is 0.00722 e. The quantitative estimate of drug-likeness (QED) is 0.585. The van der Waals surface area contributed by atoms with Gasteiger partial charge in [-0.2, -0.15) is 0 Å². The largest absolute Gasteiger partial charge is 0.327 e. The third-order valence-electron chi connectivity index (χ3n) is 4.76. The molecule has 18 heavy (non-hydrogen) atoms. The van der Waals surface area contributed by atoms with Crippen molar-refractivity contribution in [3.63, 3.8) is 0 Å². The van der Waals surface area contributed by atoms with Gasteiger partial charge in [-0.05, 0) is 37.0 Å². The van der Waals surface area contributed by atoms with Crippen LogP contribution in [0.2, 0.25) is 0 Å². The zero-order valence-corrected chi connectivity index (χ0v) is 13.0. The molecule has 1 rings (SSSR count). The van der Waals surface area contributed by atoms with Crippen LogP contribution in [-0.2, 0) is 0 Å². The molecule has 0 bridgehead atoms. The van der Waals surface area contributed by atoms with Crippen molar-refractivity contribution >= 4 is 0 Å². The fourth-order valence-electron chi connectivity index (χ4n) is 3.42. The van der Waals surface area contributed by atoms with Crippen LogP contribution >= 0.6 is 0 Å². The lowest BCUT2D eigenvalue weighted by molar-refractivity contribution is 0.156. The molecule has 0 heterocycles. The number of rotatable bonds is 8. The summed E-state index contributed by atoms with van der Waals surface area (Å²) in [4.78, 5) is 0. The summed E-state index contributed by atoms with van der Waals surface area (Å²) in [7, 11) is 0. The average molecular weight is 253 g/mol. The van der Waals surface area contributed by atoms with Crippen molar-refractivity contribution in [3.8, 4) is 0 Å². The third kappa shape index (κ3) is 6.22. The molecule has 1 fully saturated rings. The molecule has 2 unspecified atom stereocenters. The minimum absolute atomic E-state index is 0.467. The first-order valence-electron chi connectivity index (χ1n) is 8.31. The van der Waals surface area contributed by atoms with Gasteiger partial charge in [-0.1, -0.05) is 65.7 Å². The first kappa shape index (κ1) is 16.0. The molecule has 0 amide bonds. The van der Waals surface area contributed by atoms with Gasteiger partial charge in [0.2, 0.25) is 0 Å². The fraction of sp³-hybridized carbons (Fsp3) is 1.00. The fourth-order valence-corrected chi connectivity index (χ4v) is 3.42. The monoisotopic (exact) mass is 253 g/mol. The predicted molar refractivity (Wildman–Crippen MR) is 81.7 cm³/mol. The Bertz CT molecular complexity index is 210. The number of hydrogen-bond donors (Lipinski definition) is 1. The molecular formula is C17H35N. The van der Waals surface area contributed by atoms with Gasteiger partial charge in [0.1, 0.15) is 0 Å². The molecule has 108 valence electrons. The van der Waals surface area contributed by atoms with Crippen molar-refractivity contribution in [1.29, 1.82) is 0 Å². The predicted octanol–water partition coefficient (Wildman–Crippen LogP) is 5.28. The molecule has 0 radical (unpaired) electrons. The van der Waals surface area contributed by atoms with E-state index in [1.807, 2.05) is 0 Å². The van der Waals surface area contributed by atoms with Crippen molar-refractivity contribution in [2.75, 3.05) is 0 Å². The Labute approximate surface area is 115 Å². The normalized spacial score (nSPS) is 27.3. The Morgan fingerprint density at radius 3 is 2.22 bits per heavy atom. The van der Waals surface area contributed by atoms with E-state index >= 15 is 0 Å². The average Bonchev–Trinajstić information content (AvgIpc) is 2.29. The second-order valence-corrected chi connectivity index (χ2v) is 7.24. The smallest absolute Gasteiger partial charge is 0.00722 e. The van der Waals surface area contributed by atoms with Crippen LogP contribution in [0.3, 0.4) is 0 Å². The zero-order valence-electron chi connectivity index (χ0n) is 13.0. The number of nitrogens with two attached hydrogens (primary N) is 1. The van der Waals surface area contributed by atoms with Gasteiger partial charge in [-0.15, -0.1) is 0 Å². The van der Waals surface area contributed by atoms with E-state index in [1.54, 1.807) is 0 Å². The van der Waals surface area contributed by atoms with E-state index in [2.05, 4.69) is 20.8 Å². The van der Waals surface area contributed by atoms with Crippen LogP contribution in [0, 0.1) is 11.3 Å². The van der Waals surface area contributed by atoms with Gasteiger partial charge >= 0.3 is 0 Å². The lowest BCUT2D eigenvalue weighted by Gasteiger charge is -2.39. The van der Waals surface area contributed by atoms with Gasteiger partial charge in [-0.3, -0.25) is 0 Å². The SMILES string of the molecule is CCCCCCCCCC1CCC(C)(C)CC1N. The number of hydrogen-bond acceptors (Lipinski definition) is 1. The zero-order chi connectivity index (χ0) is 13.4. The van der Waals surface area contributed by atoms with E-state index in [4.69, 9.17) is 5.73 Å². The van der Waals surface area contributed by atoms with Crippen LogP contribution in [0.4, 0.5) is 0 Å². The Morgan fingerprint density at radius 1 is 1.00 bits per heavy atom. The molecule has 2 atom stereocenters. The van der Waals surface area contributed by atoms with Crippen LogP contribution in [0.25, 0.3) is 0 Å². The summed E-state index contributed by atoms with van der Waals surface area (Å²) < 4.78 is 0. The maximum atomic E-state index is 6.34. The van der Waals surface area contributed by atoms with Crippen LogP contribution in [0.5, 0.6) is 0 Å². The summed E-state index contributed by atoms with van der Waals surface area (Å²) in [5.41, 5.74) is 6.83. The van der Waals surface area contributed by atoms with Crippen LogP contribution in [-0.4, -0.2) is 6.04 Å². The molecule has 0 aromatic carbocycles. The standard InChI is InChI=1S/C17H35N/c1-4-5-6-7-8-9-10-11-15-12-13-17(2,3)14-16(15)18/h15-16H,4-14,18H2,1-3H3. The van der Waals surface area contributed by atoms with E-state index in [0.29, 0.717) is 11.5 Å². The Balaban J connectivity index is 2.02. The van der Waals surface area contributed by atoms with Gasteiger partial charge in [0.25, 0.3) is 0 Å². The van der Waals surface area contributed by atoms with Crippen molar-refractivity contribution in [2.45, 2.75) is 97.4 Å². The lowest BCUT2D eigenvalue weighted by atomic mass is 9.69. The highest BCUT2D eigenvalue weighted by Gasteiger charge is 2.32. The minimum atomic E-state index is 0.467. The lowest BCUT2D eigenvalue weighted by Crippen LogP contribution is -2.39. The molecule has 0 aromatic rings. The molecule has 0 saturated heterocycles. The highest BCUT2D eigenvalue weighted by atomic mass is 14.7. The highest BCUT2D eigenvalue weighted by Crippen LogP contribution is 2.39. The summed E-state index contributed by atoms with van der Waals surface area (Å²) in [6.45, 7) is 7.03. The summed E-state index contributed by atoms with van der Waals surface area (Å²) in [5, 5.41) is 0. The van der Waals surface area contributed by atoms with Crippen molar-refractivity contribution in [1.82, 2.24) is 0 Å². The van der Waals surface area contributed by atoms with Gasteiger partial charge in [0.05, 0.1) is 0 Å². The minimum Gasteiger partial charge on any atom is -0.327 e. The van der Waals surface area contributed by atoms with Gasteiger partial charge in [0.15, 0.2) is 0 Å². The second kappa shape index (κ2) is 8.19. The Morgan fingerprint density at radius 2 is 1.61 bits per heavy atom. The highest BCUT2D eigenvalue weighted by molar-refractivity contribution is 4.87. The number of unbranched alkanes of at least 4 members (excludes halogenated alkanes) is 6. The topological polar surface area (TPSA) is 26.0 Å². The maximum absolute atomic E-state index is 6.34. The first-order valence-corrected chi connectivity index (χ1v) is 8.31. The van der Waals surface area contributed by atoms with E-state index in [9.17, 15) is 0 Å². The van der Waals surface area contributed by atoms with Crippen molar-refractivity contribution in [3.05, 3.63) is 0 Å². The Hall–Kier alpha value is -0.0400. The Kier molecular flexibility index (Phi) is 7.29. The van der Waals surface area contributed by atoms with Gasteiger partial charge in [-0.25, -0.2) is 0 Å². The molecule has 1 saturated carbocycles. The van der Waals surface area contributed by atoms with Crippen molar-refractivity contribution < 1.29 is 0 Å². The van der Waals surface area contributed by atoms with E-state index < -0.39 is 0 Å². The summed E-state index contributed by atoms with van der Waals surface area (Å²) in [5.74, 6) is 0.814. The summed E-state index contributed by atoms with van der Waals surface area (Å²) in [6, 6.07) is 0.467. The second-order valence-electron chi connectivity index (χ2n) is 7.24. The summed E-state index contributed by atoms with van der Waals surface area (Å²) in [6.07, 6.45) is 15.3. The van der Waals surface area contributed by atoms with Gasteiger partial charge < -0.3 is 5.73 Å². The van der Waals surface area contributed by atoms with Crippen LogP contribution < -0.4 is 5.73 Å². The van der Waals surface area contributed by atoms with E-state index in [-0.39, 0.29) is 0 Å². The molecule has 1 heteroatoms. The molecule has 1 aliphatic rings. The molecular weight excluding hydrogens is 218 g/mol. The molecule has 0 spiro atoms. The van der Waals surface area contributed by atoms with Crippen molar-refractivity contribution in [2.24, 2.45) is 17.1 Å². The first-order chi connectivity index (χ1) is 8.55. The van der Waals surface area contributed by atoms with Crippen LogP contribution in [0.1, 0.15) is 91.4 Å². The van der Waals surface area contributed by atoms with E-state index in [0.717, 1.165) is 5.92 Å². The molecule has 1 nitrogen and oxygen atoms in total.